The van der Waals surface area contributed by atoms with Crippen molar-refractivity contribution in [2.24, 2.45) is 0 Å². The van der Waals surface area contributed by atoms with Gasteiger partial charge in [-0.05, 0) is 44.5 Å². The Morgan fingerprint density at radius 2 is 1.91 bits per heavy atom. The van der Waals surface area contributed by atoms with Crippen LogP contribution in [0.2, 0.25) is 0 Å². The largest absolute Gasteiger partial charge is 0.296 e. The zero-order chi connectivity index (χ0) is 17.0. The van der Waals surface area contributed by atoms with E-state index in [1.807, 2.05) is 6.92 Å². The van der Waals surface area contributed by atoms with Gasteiger partial charge < -0.3 is 0 Å². The van der Waals surface area contributed by atoms with Gasteiger partial charge in [-0.3, -0.25) is 10.1 Å². The SMILES string of the molecule is CCC(C)NS(=O)(=O)c1ccc(C(=O)Nc2nnc(C)s2)cc1. The second-order valence-corrected chi connectivity index (χ2v) is 7.93. The second-order valence-electron chi connectivity index (χ2n) is 5.04. The summed E-state index contributed by atoms with van der Waals surface area (Å²) in [6, 6.07) is 5.60. The molecule has 0 saturated carbocycles. The summed E-state index contributed by atoms with van der Waals surface area (Å²) in [5.74, 6) is -0.361. The van der Waals surface area contributed by atoms with Crippen LogP contribution in [0, 0.1) is 6.92 Å². The molecule has 0 radical (unpaired) electrons. The van der Waals surface area contributed by atoms with Gasteiger partial charge in [0, 0.05) is 11.6 Å². The zero-order valence-electron chi connectivity index (χ0n) is 13.0. The molecule has 0 aliphatic carbocycles. The lowest BCUT2D eigenvalue weighted by Gasteiger charge is -2.12. The summed E-state index contributed by atoms with van der Waals surface area (Å²) in [7, 11) is -3.57. The summed E-state index contributed by atoms with van der Waals surface area (Å²) >= 11 is 1.27. The Balaban J connectivity index is 2.11. The molecule has 2 aromatic rings. The van der Waals surface area contributed by atoms with Crippen LogP contribution in [0.15, 0.2) is 29.2 Å². The Hall–Kier alpha value is -1.84. The van der Waals surface area contributed by atoms with Gasteiger partial charge in [-0.25, -0.2) is 13.1 Å². The number of nitrogens with one attached hydrogen (secondary N) is 2. The van der Waals surface area contributed by atoms with Gasteiger partial charge in [-0.1, -0.05) is 18.3 Å². The van der Waals surface area contributed by atoms with E-state index in [1.165, 1.54) is 35.6 Å². The molecule has 0 bridgehead atoms. The van der Waals surface area contributed by atoms with Gasteiger partial charge in [-0.2, -0.15) is 0 Å². The maximum atomic E-state index is 12.1. The summed E-state index contributed by atoms with van der Waals surface area (Å²) < 4.78 is 26.9. The minimum absolute atomic E-state index is 0.126. The Labute approximate surface area is 139 Å². The molecule has 0 fully saturated rings. The van der Waals surface area contributed by atoms with E-state index in [2.05, 4.69) is 20.2 Å². The van der Waals surface area contributed by atoms with Gasteiger partial charge in [0.25, 0.3) is 5.91 Å². The molecular weight excluding hydrogens is 336 g/mol. The monoisotopic (exact) mass is 354 g/mol. The highest BCUT2D eigenvalue weighted by Crippen LogP contribution is 2.16. The van der Waals surface area contributed by atoms with Crippen molar-refractivity contribution in [1.29, 1.82) is 0 Å². The van der Waals surface area contributed by atoms with Gasteiger partial charge >= 0.3 is 0 Å². The molecular formula is C14H18N4O3S2. The molecule has 1 aromatic heterocycles. The number of rotatable bonds is 6. The first-order chi connectivity index (χ1) is 10.8. The van der Waals surface area contributed by atoms with Crippen LogP contribution in [-0.4, -0.2) is 30.6 Å². The van der Waals surface area contributed by atoms with E-state index >= 15 is 0 Å². The molecule has 0 aliphatic heterocycles. The standard InChI is InChI=1S/C14H18N4O3S2/c1-4-9(2)18-23(20,21)12-7-5-11(6-8-12)13(19)15-14-17-16-10(3)22-14/h5-9,18H,4H2,1-3H3,(H,15,17,19). The molecule has 0 saturated heterocycles. The van der Waals surface area contributed by atoms with E-state index in [9.17, 15) is 13.2 Å². The molecule has 23 heavy (non-hydrogen) atoms. The maximum Gasteiger partial charge on any atom is 0.257 e. The van der Waals surface area contributed by atoms with Crippen molar-refractivity contribution < 1.29 is 13.2 Å². The lowest BCUT2D eigenvalue weighted by atomic mass is 10.2. The van der Waals surface area contributed by atoms with Crippen LogP contribution in [0.5, 0.6) is 0 Å². The van der Waals surface area contributed by atoms with Crippen LogP contribution in [0.3, 0.4) is 0 Å². The van der Waals surface area contributed by atoms with Gasteiger partial charge in [0.05, 0.1) is 4.90 Å². The Bertz CT molecular complexity index is 785. The molecule has 0 spiro atoms. The lowest BCUT2D eigenvalue weighted by Crippen LogP contribution is -2.32. The highest BCUT2D eigenvalue weighted by Gasteiger charge is 2.17. The number of carbonyl (C=O) groups is 1. The summed E-state index contributed by atoms with van der Waals surface area (Å²) in [6.07, 6.45) is 0.695. The van der Waals surface area contributed by atoms with Crippen LogP contribution < -0.4 is 10.0 Å². The summed E-state index contributed by atoms with van der Waals surface area (Å²) in [4.78, 5) is 12.2. The third-order valence-corrected chi connectivity index (χ3v) is 5.50. The summed E-state index contributed by atoms with van der Waals surface area (Å²) in [6.45, 7) is 5.48. The fourth-order valence-corrected chi connectivity index (χ4v) is 3.63. The summed E-state index contributed by atoms with van der Waals surface area (Å²) in [5.41, 5.74) is 0.348. The first-order valence-corrected chi connectivity index (χ1v) is 9.35. The van der Waals surface area contributed by atoms with Crippen LogP contribution in [-0.2, 0) is 10.0 Å². The van der Waals surface area contributed by atoms with Gasteiger partial charge in [0.15, 0.2) is 0 Å². The van der Waals surface area contributed by atoms with Crippen LogP contribution in [0.1, 0.15) is 35.6 Å². The highest BCUT2D eigenvalue weighted by atomic mass is 32.2. The number of amides is 1. The number of hydrogen-bond acceptors (Lipinski definition) is 6. The number of aromatic nitrogens is 2. The van der Waals surface area contributed by atoms with Gasteiger partial charge in [0.2, 0.25) is 15.2 Å². The van der Waals surface area contributed by atoms with Crippen molar-refractivity contribution in [3.05, 3.63) is 34.8 Å². The predicted octanol–water partition coefficient (Wildman–Crippen LogP) is 2.18. The second kappa shape index (κ2) is 7.16. The Kier molecular flexibility index (Phi) is 5.45. The van der Waals surface area contributed by atoms with E-state index in [0.29, 0.717) is 17.1 Å². The van der Waals surface area contributed by atoms with Crippen LogP contribution in [0.25, 0.3) is 0 Å². The van der Waals surface area contributed by atoms with Gasteiger partial charge in [-0.15, -0.1) is 10.2 Å². The third kappa shape index (κ3) is 4.57. The third-order valence-electron chi connectivity index (χ3n) is 3.14. The molecule has 0 aliphatic rings. The first-order valence-electron chi connectivity index (χ1n) is 7.05. The molecule has 9 heteroatoms. The van der Waals surface area contributed by atoms with E-state index in [4.69, 9.17) is 0 Å². The minimum Gasteiger partial charge on any atom is -0.296 e. The number of sulfonamides is 1. The number of aryl methyl sites for hydroxylation is 1. The number of hydrogen-bond donors (Lipinski definition) is 2. The predicted molar refractivity (Wildman–Crippen MR) is 89.1 cm³/mol. The zero-order valence-corrected chi connectivity index (χ0v) is 14.7. The molecule has 7 nitrogen and oxygen atoms in total. The van der Waals surface area contributed by atoms with Crippen molar-refractivity contribution in [3.8, 4) is 0 Å². The number of carbonyl (C=O) groups excluding carboxylic acids is 1. The van der Waals surface area contributed by atoms with E-state index in [-0.39, 0.29) is 16.8 Å². The van der Waals surface area contributed by atoms with E-state index in [1.54, 1.807) is 13.8 Å². The highest BCUT2D eigenvalue weighted by molar-refractivity contribution is 7.89. The lowest BCUT2D eigenvalue weighted by molar-refractivity contribution is 0.102. The maximum absolute atomic E-state index is 12.1. The van der Waals surface area contributed by atoms with Crippen LogP contribution in [0.4, 0.5) is 5.13 Å². The Morgan fingerprint density at radius 1 is 1.26 bits per heavy atom. The number of anilines is 1. The molecule has 1 heterocycles. The van der Waals surface area contributed by atoms with Crippen molar-refractivity contribution in [2.75, 3.05) is 5.32 Å². The topological polar surface area (TPSA) is 101 Å². The number of nitrogens with zero attached hydrogens (tertiary/aromatic N) is 2. The molecule has 1 atom stereocenters. The quantitative estimate of drug-likeness (QED) is 0.828. The molecule has 2 rings (SSSR count). The van der Waals surface area contributed by atoms with Crippen LogP contribution >= 0.6 is 11.3 Å². The first kappa shape index (κ1) is 17.5. The van der Waals surface area contributed by atoms with Crippen molar-refractivity contribution in [1.82, 2.24) is 14.9 Å². The Morgan fingerprint density at radius 3 is 2.43 bits per heavy atom. The molecule has 1 unspecified atom stereocenters. The van der Waals surface area contributed by atoms with Gasteiger partial charge in [0.1, 0.15) is 5.01 Å². The fraction of sp³-hybridized carbons (Fsp3) is 0.357. The molecule has 2 N–H and O–H groups in total. The molecule has 1 amide bonds. The minimum atomic E-state index is -3.57. The number of benzene rings is 1. The van der Waals surface area contributed by atoms with Crippen molar-refractivity contribution in [2.45, 2.75) is 38.1 Å². The van der Waals surface area contributed by atoms with E-state index < -0.39 is 10.0 Å². The average molecular weight is 354 g/mol. The van der Waals surface area contributed by atoms with Crippen molar-refractivity contribution >= 4 is 32.4 Å². The fourth-order valence-electron chi connectivity index (χ4n) is 1.72. The molecule has 1 aromatic carbocycles. The van der Waals surface area contributed by atoms with Crippen molar-refractivity contribution in [3.63, 3.8) is 0 Å². The van der Waals surface area contributed by atoms with E-state index in [0.717, 1.165) is 5.01 Å². The normalized spacial score (nSPS) is 12.8. The molecule has 124 valence electrons. The smallest absolute Gasteiger partial charge is 0.257 e. The summed E-state index contributed by atoms with van der Waals surface area (Å²) in [5, 5.41) is 11.4. The average Bonchev–Trinajstić information content (AvgIpc) is 2.92.